The molecule has 152 valence electrons. The number of benzene rings is 2. The van der Waals surface area contributed by atoms with E-state index in [9.17, 15) is 23.3 Å². The SMILES string of the molecule is O=C(Nc1nnc(CS(=O)(=O)c2ccccc2)o1)c1cc2cc([N+](=O)[O-])ccc2s1. The van der Waals surface area contributed by atoms with Crippen molar-refractivity contribution in [3.63, 3.8) is 0 Å². The minimum Gasteiger partial charge on any atom is -0.407 e. The third-order valence-electron chi connectivity index (χ3n) is 4.04. The maximum Gasteiger partial charge on any atom is 0.322 e. The lowest BCUT2D eigenvalue weighted by molar-refractivity contribution is -0.384. The van der Waals surface area contributed by atoms with E-state index in [4.69, 9.17) is 4.42 Å². The maximum atomic E-state index is 12.4. The smallest absolute Gasteiger partial charge is 0.322 e. The molecule has 12 heteroatoms. The molecule has 10 nitrogen and oxygen atoms in total. The number of anilines is 1. The molecule has 0 atom stereocenters. The molecule has 0 bridgehead atoms. The highest BCUT2D eigenvalue weighted by Crippen LogP contribution is 2.29. The van der Waals surface area contributed by atoms with Crippen LogP contribution in [0.5, 0.6) is 0 Å². The molecule has 0 spiro atoms. The second-order valence-electron chi connectivity index (χ2n) is 6.12. The van der Waals surface area contributed by atoms with E-state index in [0.717, 1.165) is 11.3 Å². The van der Waals surface area contributed by atoms with Crippen molar-refractivity contribution in [2.75, 3.05) is 5.32 Å². The molecule has 0 aliphatic carbocycles. The van der Waals surface area contributed by atoms with Crippen molar-refractivity contribution in [2.24, 2.45) is 0 Å². The zero-order chi connectivity index (χ0) is 21.3. The number of nitrogens with zero attached hydrogens (tertiary/aromatic N) is 3. The Balaban J connectivity index is 1.49. The van der Waals surface area contributed by atoms with Crippen molar-refractivity contribution >= 4 is 48.9 Å². The van der Waals surface area contributed by atoms with E-state index < -0.39 is 26.4 Å². The molecule has 2 aromatic heterocycles. The lowest BCUT2D eigenvalue weighted by atomic mass is 10.2. The van der Waals surface area contributed by atoms with Crippen LogP contribution in [0.4, 0.5) is 11.7 Å². The zero-order valence-electron chi connectivity index (χ0n) is 15.0. The number of carbonyl (C=O) groups is 1. The number of hydrogen-bond donors (Lipinski definition) is 1. The molecule has 4 rings (SSSR count). The number of fused-ring (bicyclic) bond motifs is 1. The van der Waals surface area contributed by atoms with Crippen LogP contribution in [0.1, 0.15) is 15.6 Å². The van der Waals surface area contributed by atoms with Gasteiger partial charge < -0.3 is 4.42 Å². The van der Waals surface area contributed by atoms with Crippen LogP contribution >= 0.6 is 11.3 Å². The molecule has 0 fully saturated rings. The molecule has 2 aromatic carbocycles. The third-order valence-corrected chi connectivity index (χ3v) is 6.77. The Kier molecular flexibility index (Phi) is 5.01. The highest BCUT2D eigenvalue weighted by molar-refractivity contribution is 7.90. The van der Waals surface area contributed by atoms with Crippen molar-refractivity contribution in [3.8, 4) is 0 Å². The molecular weight excluding hydrogens is 432 g/mol. The summed E-state index contributed by atoms with van der Waals surface area (Å²) in [5, 5.41) is 21.2. The molecule has 0 aliphatic rings. The first-order chi connectivity index (χ1) is 14.3. The van der Waals surface area contributed by atoms with Gasteiger partial charge in [0.05, 0.1) is 14.7 Å². The molecule has 0 radical (unpaired) electrons. The number of hydrogen-bond acceptors (Lipinski definition) is 9. The minimum atomic E-state index is -3.67. The molecule has 1 N–H and O–H groups in total. The summed E-state index contributed by atoms with van der Waals surface area (Å²) in [6, 6.07) is 13.4. The van der Waals surface area contributed by atoms with Gasteiger partial charge in [0.1, 0.15) is 5.75 Å². The van der Waals surface area contributed by atoms with Crippen LogP contribution < -0.4 is 5.32 Å². The average Bonchev–Trinajstić information content (AvgIpc) is 3.34. The van der Waals surface area contributed by atoms with Gasteiger partial charge in [-0.3, -0.25) is 20.2 Å². The number of thiophene rings is 1. The van der Waals surface area contributed by atoms with Crippen LogP contribution in [0.3, 0.4) is 0 Å². The van der Waals surface area contributed by atoms with E-state index in [2.05, 4.69) is 15.5 Å². The Bertz CT molecular complexity index is 1360. The van der Waals surface area contributed by atoms with E-state index in [0.29, 0.717) is 10.1 Å². The highest BCUT2D eigenvalue weighted by atomic mass is 32.2. The lowest BCUT2D eigenvalue weighted by Crippen LogP contribution is -2.10. The van der Waals surface area contributed by atoms with E-state index in [1.54, 1.807) is 24.3 Å². The normalized spacial score (nSPS) is 11.5. The fourth-order valence-corrected chi connectivity index (χ4v) is 4.77. The third kappa shape index (κ3) is 4.04. The van der Waals surface area contributed by atoms with Gasteiger partial charge in [0.2, 0.25) is 5.89 Å². The van der Waals surface area contributed by atoms with Gasteiger partial charge >= 0.3 is 6.01 Å². The Hall–Kier alpha value is -3.64. The molecule has 0 saturated carbocycles. The van der Waals surface area contributed by atoms with Crippen molar-refractivity contribution in [1.82, 2.24) is 10.2 Å². The summed E-state index contributed by atoms with van der Waals surface area (Å²) in [5.41, 5.74) is -0.0755. The number of non-ortho nitro benzene ring substituents is 1. The number of nitro groups is 1. The molecule has 4 aromatic rings. The monoisotopic (exact) mass is 444 g/mol. The highest BCUT2D eigenvalue weighted by Gasteiger charge is 2.21. The summed E-state index contributed by atoms with van der Waals surface area (Å²) in [6.45, 7) is 0. The first kappa shape index (κ1) is 19.7. The molecule has 0 unspecified atom stereocenters. The number of amides is 1. The minimum absolute atomic E-state index is 0.0755. The zero-order valence-corrected chi connectivity index (χ0v) is 16.6. The first-order valence-corrected chi connectivity index (χ1v) is 10.9. The van der Waals surface area contributed by atoms with Crippen LogP contribution in [0.2, 0.25) is 0 Å². The van der Waals surface area contributed by atoms with Gasteiger partial charge in [-0.25, -0.2) is 8.42 Å². The lowest BCUT2D eigenvalue weighted by Gasteiger charge is -2.00. The summed E-state index contributed by atoms with van der Waals surface area (Å²) in [6.07, 6.45) is 0. The Labute approximate surface area is 173 Å². The Morgan fingerprint density at radius 2 is 1.90 bits per heavy atom. The van der Waals surface area contributed by atoms with Gasteiger partial charge in [0, 0.05) is 22.2 Å². The second kappa shape index (κ2) is 7.65. The van der Waals surface area contributed by atoms with E-state index in [-0.39, 0.29) is 27.4 Å². The Morgan fingerprint density at radius 1 is 1.13 bits per heavy atom. The predicted octanol–water partition coefficient (Wildman–Crippen LogP) is 3.42. The number of aromatic nitrogens is 2. The van der Waals surface area contributed by atoms with Gasteiger partial charge in [-0.2, -0.15) is 0 Å². The standard InChI is InChI=1S/C18H12N4O6S2/c23-17(15-9-11-8-12(22(24)25)6-7-14(11)29-15)19-18-21-20-16(28-18)10-30(26,27)13-4-2-1-3-5-13/h1-9H,10H2,(H,19,21,23). The molecule has 1 amide bonds. The van der Waals surface area contributed by atoms with Crippen molar-refractivity contribution < 1.29 is 22.6 Å². The predicted molar refractivity (Wildman–Crippen MR) is 108 cm³/mol. The maximum absolute atomic E-state index is 12.4. The van der Waals surface area contributed by atoms with E-state index in [1.807, 2.05) is 0 Å². The fourth-order valence-electron chi connectivity index (χ4n) is 2.65. The van der Waals surface area contributed by atoms with Crippen LogP contribution in [0.25, 0.3) is 10.1 Å². The number of sulfone groups is 1. The average molecular weight is 444 g/mol. The van der Waals surface area contributed by atoms with Crippen molar-refractivity contribution in [2.45, 2.75) is 10.6 Å². The van der Waals surface area contributed by atoms with Crippen LogP contribution in [0, 0.1) is 10.1 Å². The van der Waals surface area contributed by atoms with Gasteiger partial charge in [-0.15, -0.1) is 16.4 Å². The van der Waals surface area contributed by atoms with Gasteiger partial charge in [-0.1, -0.05) is 23.3 Å². The molecule has 30 heavy (non-hydrogen) atoms. The Morgan fingerprint density at radius 3 is 2.63 bits per heavy atom. The summed E-state index contributed by atoms with van der Waals surface area (Å²) >= 11 is 1.14. The molecule has 2 heterocycles. The summed E-state index contributed by atoms with van der Waals surface area (Å²) in [5.74, 6) is -1.23. The van der Waals surface area contributed by atoms with Gasteiger partial charge in [-0.05, 0) is 24.3 Å². The van der Waals surface area contributed by atoms with Crippen LogP contribution in [0.15, 0.2) is 63.9 Å². The number of nitro benzene ring substituents is 1. The quantitative estimate of drug-likeness (QED) is 0.352. The molecular formula is C18H12N4O6S2. The van der Waals surface area contributed by atoms with Gasteiger partial charge in [0.15, 0.2) is 9.84 Å². The molecule has 0 saturated heterocycles. The number of nitrogens with one attached hydrogen (secondary N) is 1. The molecule has 0 aliphatic heterocycles. The summed E-state index contributed by atoms with van der Waals surface area (Å²) < 4.78 is 30.7. The number of rotatable bonds is 6. The van der Waals surface area contributed by atoms with Crippen LogP contribution in [-0.4, -0.2) is 29.4 Å². The topological polar surface area (TPSA) is 145 Å². The number of carbonyl (C=O) groups excluding carboxylic acids is 1. The summed E-state index contributed by atoms with van der Waals surface area (Å²) in [4.78, 5) is 23.2. The van der Waals surface area contributed by atoms with E-state index >= 15 is 0 Å². The second-order valence-corrected chi connectivity index (χ2v) is 9.19. The fraction of sp³-hybridized carbons (Fsp3) is 0.0556. The van der Waals surface area contributed by atoms with E-state index in [1.165, 1.54) is 30.3 Å². The summed E-state index contributed by atoms with van der Waals surface area (Å²) in [7, 11) is -3.67. The van der Waals surface area contributed by atoms with Crippen molar-refractivity contribution in [3.05, 3.63) is 75.5 Å². The van der Waals surface area contributed by atoms with Crippen LogP contribution in [-0.2, 0) is 15.6 Å². The first-order valence-electron chi connectivity index (χ1n) is 8.41. The van der Waals surface area contributed by atoms with Gasteiger partial charge in [0.25, 0.3) is 11.6 Å². The largest absolute Gasteiger partial charge is 0.407 e. The van der Waals surface area contributed by atoms with Crippen molar-refractivity contribution in [1.29, 1.82) is 0 Å².